The van der Waals surface area contributed by atoms with Gasteiger partial charge in [-0.1, -0.05) is 0 Å². The average molecular weight is 564 g/mol. The van der Waals surface area contributed by atoms with Crippen molar-refractivity contribution in [3.8, 4) is 0 Å². The number of carbonyl (C=O) groups is 2. The lowest BCUT2D eigenvalue weighted by molar-refractivity contribution is -0.0440. The Morgan fingerprint density at radius 1 is 1.13 bits per heavy atom. The van der Waals surface area contributed by atoms with Gasteiger partial charge in [0.2, 0.25) is 10.0 Å². The van der Waals surface area contributed by atoms with Crippen LogP contribution in [0.4, 0.5) is 5.00 Å². The van der Waals surface area contributed by atoms with Crippen LogP contribution in [0.1, 0.15) is 79.6 Å². The van der Waals surface area contributed by atoms with Crippen LogP contribution >= 0.6 is 11.3 Å². The molecule has 2 aliphatic rings. The molecule has 1 fully saturated rings. The van der Waals surface area contributed by atoms with Crippen LogP contribution < -0.4 is 10.6 Å². The lowest BCUT2D eigenvalue weighted by atomic mass is 9.81. The van der Waals surface area contributed by atoms with Crippen molar-refractivity contribution in [1.29, 1.82) is 0 Å². The molecule has 9 nitrogen and oxygen atoms in total. The fraction of sp³-hybridized carbons (Fsp3) is 0.556. The molecule has 2 aromatic rings. The summed E-state index contributed by atoms with van der Waals surface area (Å²) in [6, 6.07) is 5.86. The number of morpholine rings is 1. The number of hydrogen-bond donors (Lipinski definition) is 2. The molecule has 208 valence electrons. The number of benzene rings is 1. The maximum Gasteiger partial charge on any atom is 0.341 e. The minimum atomic E-state index is -3.72. The summed E-state index contributed by atoms with van der Waals surface area (Å²) < 4.78 is 38.8. The van der Waals surface area contributed by atoms with Gasteiger partial charge in [0, 0.05) is 34.6 Å². The molecule has 0 saturated carbocycles. The van der Waals surface area contributed by atoms with Gasteiger partial charge in [0.05, 0.1) is 29.3 Å². The highest BCUT2D eigenvalue weighted by Gasteiger charge is 2.42. The van der Waals surface area contributed by atoms with Gasteiger partial charge in [0.15, 0.2) is 0 Å². The molecule has 3 heterocycles. The van der Waals surface area contributed by atoms with Crippen LogP contribution in [0.5, 0.6) is 0 Å². The number of amides is 1. The van der Waals surface area contributed by atoms with Crippen LogP contribution in [0, 0.1) is 0 Å². The molecule has 2 atom stereocenters. The van der Waals surface area contributed by atoms with Crippen molar-refractivity contribution >= 4 is 38.2 Å². The van der Waals surface area contributed by atoms with E-state index in [-0.39, 0.29) is 47.9 Å². The fourth-order valence-electron chi connectivity index (χ4n) is 5.46. The van der Waals surface area contributed by atoms with Crippen molar-refractivity contribution < 1.29 is 27.5 Å². The maximum atomic E-state index is 13.2. The molecule has 0 spiro atoms. The zero-order chi connectivity index (χ0) is 28.0. The Labute approximate surface area is 228 Å². The Kier molecular flexibility index (Phi) is 7.81. The number of ether oxygens (including phenoxy) is 2. The number of carbonyl (C=O) groups excluding carboxylic acids is 2. The van der Waals surface area contributed by atoms with Crippen molar-refractivity contribution in [2.75, 3.05) is 25.0 Å². The number of nitrogens with one attached hydrogen (secondary N) is 2. The van der Waals surface area contributed by atoms with Crippen molar-refractivity contribution in [1.82, 2.24) is 9.62 Å². The van der Waals surface area contributed by atoms with Gasteiger partial charge in [-0.05, 0) is 84.7 Å². The molecule has 2 aliphatic heterocycles. The first kappa shape index (κ1) is 28.7. The second kappa shape index (κ2) is 10.3. The number of nitrogens with zero attached hydrogens (tertiary/aromatic N) is 1. The third kappa shape index (κ3) is 5.67. The van der Waals surface area contributed by atoms with Crippen molar-refractivity contribution in [3.63, 3.8) is 0 Å². The molecule has 0 bridgehead atoms. The Morgan fingerprint density at radius 2 is 1.74 bits per heavy atom. The van der Waals surface area contributed by atoms with Crippen molar-refractivity contribution in [3.05, 3.63) is 45.8 Å². The Balaban J connectivity index is 1.61. The van der Waals surface area contributed by atoms with Crippen LogP contribution in [0.3, 0.4) is 0 Å². The molecule has 0 aliphatic carbocycles. The summed E-state index contributed by atoms with van der Waals surface area (Å²) in [7, 11) is -3.72. The van der Waals surface area contributed by atoms with E-state index in [4.69, 9.17) is 9.47 Å². The summed E-state index contributed by atoms with van der Waals surface area (Å²) in [5.41, 5.74) is 0.894. The molecule has 1 aromatic heterocycles. The van der Waals surface area contributed by atoms with Gasteiger partial charge in [-0.15, -0.1) is 11.3 Å². The second-order valence-corrected chi connectivity index (χ2v) is 14.2. The summed E-state index contributed by atoms with van der Waals surface area (Å²) in [5.74, 6) is -0.902. The van der Waals surface area contributed by atoms with E-state index in [1.165, 1.54) is 39.9 Å². The minimum Gasteiger partial charge on any atom is -0.462 e. The van der Waals surface area contributed by atoms with E-state index >= 15 is 0 Å². The van der Waals surface area contributed by atoms with E-state index in [0.29, 0.717) is 17.0 Å². The second-order valence-electron chi connectivity index (χ2n) is 11.2. The highest BCUT2D eigenvalue weighted by molar-refractivity contribution is 7.89. The van der Waals surface area contributed by atoms with Crippen molar-refractivity contribution in [2.45, 2.75) is 83.1 Å². The number of rotatable bonds is 6. The molecule has 0 unspecified atom stereocenters. The first-order valence-corrected chi connectivity index (χ1v) is 15.1. The number of esters is 1. The molecular formula is C27H37N3O6S2. The van der Waals surface area contributed by atoms with E-state index in [9.17, 15) is 18.0 Å². The predicted octanol–water partition coefficient (Wildman–Crippen LogP) is 4.13. The van der Waals surface area contributed by atoms with Crippen LogP contribution in [-0.4, -0.2) is 62.0 Å². The predicted molar refractivity (Wildman–Crippen MR) is 147 cm³/mol. The monoisotopic (exact) mass is 563 g/mol. The SMILES string of the molecule is CCOC(=O)c1c(NC(=O)c2ccc(S(=O)(=O)N3C[C@H](C)O[C@@H](C)C3)cc2)sc2c1CC(C)(C)NC2(C)C. The lowest BCUT2D eigenvalue weighted by Crippen LogP contribution is -2.55. The molecule has 1 aromatic carbocycles. The van der Waals surface area contributed by atoms with Gasteiger partial charge in [0.25, 0.3) is 5.91 Å². The summed E-state index contributed by atoms with van der Waals surface area (Å²) in [4.78, 5) is 27.4. The standard InChI is InChI=1S/C27H37N3O6S2/c1-8-35-25(32)21-20-13-26(4,5)29-27(6,7)22(20)37-24(21)28-23(31)18-9-11-19(12-10-18)38(33,34)30-14-16(2)36-17(3)15-30/h9-12,16-17,29H,8,13-15H2,1-7H3,(H,28,31)/t16-,17-/m0/s1. The first-order chi connectivity index (χ1) is 17.6. The fourth-order valence-corrected chi connectivity index (χ4v) is 8.31. The van der Waals surface area contributed by atoms with Gasteiger partial charge >= 0.3 is 5.97 Å². The maximum absolute atomic E-state index is 13.2. The number of thiophene rings is 1. The highest BCUT2D eigenvalue weighted by Crippen LogP contribution is 2.45. The molecular weight excluding hydrogens is 526 g/mol. The molecule has 1 amide bonds. The van der Waals surface area contributed by atoms with Crippen molar-refractivity contribution in [2.24, 2.45) is 0 Å². The Hall–Kier alpha value is -2.31. The van der Waals surface area contributed by atoms with Gasteiger partial charge in [-0.25, -0.2) is 13.2 Å². The van der Waals surface area contributed by atoms with E-state index in [1.807, 2.05) is 13.8 Å². The molecule has 4 rings (SSSR count). The third-order valence-electron chi connectivity index (χ3n) is 6.69. The van der Waals surface area contributed by atoms with Gasteiger partial charge < -0.3 is 20.1 Å². The number of hydrogen-bond acceptors (Lipinski definition) is 8. The zero-order valence-corrected chi connectivity index (χ0v) is 24.6. The number of fused-ring (bicyclic) bond motifs is 1. The first-order valence-electron chi connectivity index (χ1n) is 12.8. The van der Waals surface area contributed by atoms with Crippen LogP contribution in [-0.2, 0) is 31.5 Å². The third-order valence-corrected chi connectivity index (χ3v) is 10.0. The summed E-state index contributed by atoms with van der Waals surface area (Å²) in [6.07, 6.45) is 0.210. The van der Waals surface area contributed by atoms with E-state index in [1.54, 1.807) is 6.92 Å². The normalized spacial score (nSPS) is 22.9. The number of anilines is 1. The molecule has 38 heavy (non-hydrogen) atoms. The van der Waals surface area contributed by atoms with E-state index in [2.05, 4.69) is 38.3 Å². The van der Waals surface area contributed by atoms with Gasteiger partial charge in [0.1, 0.15) is 5.00 Å². The zero-order valence-electron chi connectivity index (χ0n) is 23.0. The smallest absolute Gasteiger partial charge is 0.341 e. The largest absolute Gasteiger partial charge is 0.462 e. The minimum absolute atomic E-state index is 0.115. The van der Waals surface area contributed by atoms with Crippen LogP contribution in [0.25, 0.3) is 0 Å². The number of sulfonamides is 1. The summed E-state index contributed by atoms with van der Waals surface area (Å²) >= 11 is 1.36. The van der Waals surface area contributed by atoms with E-state index < -0.39 is 27.4 Å². The summed E-state index contributed by atoms with van der Waals surface area (Å²) in [6.45, 7) is 14.5. The average Bonchev–Trinajstić information content (AvgIpc) is 3.15. The molecule has 1 saturated heterocycles. The molecule has 2 N–H and O–H groups in total. The van der Waals surface area contributed by atoms with Gasteiger partial charge in [-0.2, -0.15) is 4.31 Å². The Morgan fingerprint density at radius 3 is 2.32 bits per heavy atom. The Bertz CT molecular complexity index is 1320. The highest BCUT2D eigenvalue weighted by atomic mass is 32.2. The molecule has 11 heteroatoms. The van der Waals surface area contributed by atoms with Crippen LogP contribution in [0.2, 0.25) is 0 Å². The van der Waals surface area contributed by atoms with E-state index in [0.717, 1.165) is 10.4 Å². The quantitative estimate of drug-likeness (QED) is 0.508. The lowest BCUT2D eigenvalue weighted by Gasteiger charge is -2.42. The van der Waals surface area contributed by atoms with Gasteiger partial charge in [-0.3, -0.25) is 4.79 Å². The summed E-state index contributed by atoms with van der Waals surface area (Å²) in [5, 5.41) is 6.94. The molecule has 0 radical (unpaired) electrons. The topological polar surface area (TPSA) is 114 Å². The van der Waals surface area contributed by atoms with Crippen LogP contribution in [0.15, 0.2) is 29.2 Å².